The maximum absolute atomic E-state index is 11.8. The van der Waals surface area contributed by atoms with Crippen LogP contribution in [0.2, 0.25) is 0 Å². The van der Waals surface area contributed by atoms with E-state index in [1.54, 1.807) is 18.1 Å². The number of carbonyl (C=O) groups is 1. The van der Waals surface area contributed by atoms with Crippen molar-refractivity contribution in [3.63, 3.8) is 0 Å². The molecule has 6 nitrogen and oxygen atoms in total. The van der Waals surface area contributed by atoms with Crippen LogP contribution in [0.5, 0.6) is 0 Å². The monoisotopic (exact) mass is 226 g/mol. The third-order valence-electron chi connectivity index (χ3n) is 2.34. The Kier molecular flexibility index (Phi) is 4.45. The lowest BCUT2D eigenvalue weighted by atomic mass is 10.3. The zero-order valence-electron chi connectivity index (χ0n) is 9.88. The summed E-state index contributed by atoms with van der Waals surface area (Å²) >= 11 is 0. The number of nitrogens with zero attached hydrogens (tertiary/aromatic N) is 3. The topological polar surface area (TPSA) is 73.4 Å². The Morgan fingerprint density at radius 2 is 2.44 bits per heavy atom. The van der Waals surface area contributed by atoms with Crippen LogP contribution in [0.15, 0.2) is 12.4 Å². The van der Waals surface area contributed by atoms with Gasteiger partial charge in [0.1, 0.15) is 11.9 Å². The van der Waals surface area contributed by atoms with E-state index >= 15 is 0 Å². The molecule has 0 radical (unpaired) electrons. The number of likely N-dealkylation sites (N-methyl/N-ethyl adjacent to an activating group) is 1. The molecule has 1 unspecified atom stereocenters. The van der Waals surface area contributed by atoms with E-state index in [2.05, 4.69) is 4.98 Å². The normalized spacial score (nSPS) is 12.5. The van der Waals surface area contributed by atoms with Gasteiger partial charge in [-0.3, -0.25) is 4.79 Å². The number of nitrogens with two attached hydrogens (primary N) is 1. The number of aromatic nitrogens is 2. The van der Waals surface area contributed by atoms with Gasteiger partial charge in [-0.05, 0) is 0 Å². The van der Waals surface area contributed by atoms with Gasteiger partial charge < -0.3 is 19.9 Å². The SMILES string of the molecule is COCC(N)C(=O)N(C)Cc1nccn1C. The standard InChI is InChI=1S/C10H18N4O2/c1-13-5-4-12-9(13)6-14(2)10(15)8(11)7-16-3/h4-5,8H,6-7,11H2,1-3H3. The van der Waals surface area contributed by atoms with Gasteiger partial charge in [0.2, 0.25) is 5.91 Å². The first-order valence-corrected chi connectivity index (χ1v) is 5.02. The highest BCUT2D eigenvalue weighted by molar-refractivity contribution is 5.81. The first-order valence-electron chi connectivity index (χ1n) is 5.02. The van der Waals surface area contributed by atoms with Crippen molar-refractivity contribution in [1.29, 1.82) is 0 Å². The summed E-state index contributed by atoms with van der Waals surface area (Å²) in [7, 11) is 5.11. The predicted molar refractivity (Wildman–Crippen MR) is 59.5 cm³/mol. The first kappa shape index (κ1) is 12.7. The van der Waals surface area contributed by atoms with Crippen molar-refractivity contribution in [2.24, 2.45) is 12.8 Å². The zero-order chi connectivity index (χ0) is 12.1. The summed E-state index contributed by atoms with van der Waals surface area (Å²) in [6, 6.07) is -0.615. The van der Waals surface area contributed by atoms with Gasteiger partial charge in [0, 0.05) is 33.6 Å². The van der Waals surface area contributed by atoms with Crippen LogP contribution in [-0.2, 0) is 23.1 Å². The Morgan fingerprint density at radius 3 is 2.94 bits per heavy atom. The number of imidazole rings is 1. The van der Waals surface area contributed by atoms with Gasteiger partial charge in [-0.1, -0.05) is 0 Å². The number of aryl methyl sites for hydroxylation is 1. The van der Waals surface area contributed by atoms with Crippen LogP contribution in [0.1, 0.15) is 5.82 Å². The summed E-state index contributed by atoms with van der Waals surface area (Å²) in [4.78, 5) is 17.4. The van der Waals surface area contributed by atoms with Crippen LogP contribution in [0.4, 0.5) is 0 Å². The first-order chi connectivity index (χ1) is 7.56. The molecule has 0 aliphatic heterocycles. The number of amides is 1. The average molecular weight is 226 g/mol. The maximum Gasteiger partial charge on any atom is 0.242 e. The molecule has 0 saturated heterocycles. The van der Waals surface area contributed by atoms with Crippen LogP contribution in [0.3, 0.4) is 0 Å². The summed E-state index contributed by atoms with van der Waals surface area (Å²) in [5.74, 6) is 0.672. The van der Waals surface area contributed by atoms with Crippen LogP contribution in [0, 0.1) is 0 Å². The third kappa shape index (κ3) is 3.04. The van der Waals surface area contributed by atoms with Crippen LogP contribution < -0.4 is 5.73 Å². The number of carbonyl (C=O) groups excluding carboxylic acids is 1. The molecule has 1 rings (SSSR count). The molecule has 1 amide bonds. The lowest BCUT2D eigenvalue weighted by molar-refractivity contribution is -0.133. The summed E-state index contributed by atoms with van der Waals surface area (Å²) < 4.78 is 6.71. The number of methoxy groups -OCH3 is 1. The van der Waals surface area contributed by atoms with E-state index in [1.165, 1.54) is 7.11 Å². The summed E-state index contributed by atoms with van der Waals surface area (Å²) in [6.45, 7) is 0.670. The fourth-order valence-electron chi connectivity index (χ4n) is 1.37. The van der Waals surface area contributed by atoms with Gasteiger partial charge in [0.05, 0.1) is 13.2 Å². The molecule has 16 heavy (non-hydrogen) atoms. The number of hydrogen-bond donors (Lipinski definition) is 1. The molecule has 1 heterocycles. The molecule has 0 saturated carbocycles. The molecule has 1 aromatic heterocycles. The lowest BCUT2D eigenvalue weighted by Gasteiger charge is -2.20. The maximum atomic E-state index is 11.8. The fourth-order valence-corrected chi connectivity index (χ4v) is 1.37. The van der Waals surface area contributed by atoms with Gasteiger partial charge in [-0.2, -0.15) is 0 Å². The Bertz CT molecular complexity index is 350. The summed E-state index contributed by atoms with van der Waals surface area (Å²) in [5, 5.41) is 0. The highest BCUT2D eigenvalue weighted by Gasteiger charge is 2.18. The van der Waals surface area contributed by atoms with E-state index in [9.17, 15) is 4.79 Å². The van der Waals surface area contributed by atoms with E-state index in [4.69, 9.17) is 10.5 Å². The van der Waals surface area contributed by atoms with Gasteiger partial charge in [0.25, 0.3) is 0 Å². The molecular formula is C10H18N4O2. The highest BCUT2D eigenvalue weighted by Crippen LogP contribution is 2.01. The van der Waals surface area contributed by atoms with E-state index in [0.29, 0.717) is 6.54 Å². The predicted octanol–water partition coefficient (Wildman–Crippen LogP) is -0.648. The molecule has 0 bridgehead atoms. The van der Waals surface area contributed by atoms with Crippen LogP contribution in [-0.4, -0.2) is 47.2 Å². The summed E-state index contributed by atoms with van der Waals surface area (Å²) in [5.41, 5.74) is 5.65. The zero-order valence-corrected chi connectivity index (χ0v) is 9.88. The van der Waals surface area contributed by atoms with Gasteiger partial charge in [0.15, 0.2) is 0 Å². The Morgan fingerprint density at radius 1 is 1.75 bits per heavy atom. The molecule has 1 aromatic rings. The lowest BCUT2D eigenvalue weighted by Crippen LogP contribution is -2.44. The molecule has 90 valence electrons. The minimum Gasteiger partial charge on any atom is -0.383 e. The van der Waals surface area contributed by atoms with Gasteiger partial charge in [-0.15, -0.1) is 0 Å². The van der Waals surface area contributed by atoms with E-state index in [1.807, 2.05) is 17.8 Å². The molecular weight excluding hydrogens is 208 g/mol. The molecule has 6 heteroatoms. The van der Waals surface area contributed by atoms with Crippen molar-refractivity contribution in [3.8, 4) is 0 Å². The molecule has 0 fully saturated rings. The van der Waals surface area contributed by atoms with Gasteiger partial charge >= 0.3 is 0 Å². The average Bonchev–Trinajstić information content (AvgIpc) is 2.63. The van der Waals surface area contributed by atoms with Crippen molar-refractivity contribution >= 4 is 5.91 Å². The van der Waals surface area contributed by atoms with Crippen LogP contribution in [0.25, 0.3) is 0 Å². The van der Waals surface area contributed by atoms with Gasteiger partial charge in [-0.25, -0.2) is 4.98 Å². The number of ether oxygens (including phenoxy) is 1. The van der Waals surface area contributed by atoms with Crippen LogP contribution >= 0.6 is 0 Å². The Hall–Kier alpha value is -1.40. The molecule has 0 spiro atoms. The quantitative estimate of drug-likeness (QED) is 0.724. The molecule has 0 aromatic carbocycles. The Balaban J connectivity index is 2.55. The Labute approximate surface area is 95.0 Å². The number of rotatable bonds is 5. The minimum atomic E-state index is -0.615. The van der Waals surface area contributed by atoms with Crippen molar-refractivity contribution in [2.75, 3.05) is 20.8 Å². The molecule has 2 N–H and O–H groups in total. The van der Waals surface area contributed by atoms with Crippen molar-refractivity contribution < 1.29 is 9.53 Å². The fraction of sp³-hybridized carbons (Fsp3) is 0.600. The second-order valence-corrected chi connectivity index (χ2v) is 3.71. The molecule has 1 atom stereocenters. The summed E-state index contributed by atoms with van der Waals surface area (Å²) in [6.07, 6.45) is 3.53. The smallest absolute Gasteiger partial charge is 0.242 e. The van der Waals surface area contributed by atoms with Crippen molar-refractivity contribution in [1.82, 2.24) is 14.5 Å². The minimum absolute atomic E-state index is 0.148. The van der Waals surface area contributed by atoms with E-state index < -0.39 is 6.04 Å². The van der Waals surface area contributed by atoms with E-state index in [-0.39, 0.29) is 12.5 Å². The largest absolute Gasteiger partial charge is 0.383 e. The van der Waals surface area contributed by atoms with Crippen molar-refractivity contribution in [3.05, 3.63) is 18.2 Å². The second-order valence-electron chi connectivity index (χ2n) is 3.71. The number of hydrogen-bond acceptors (Lipinski definition) is 4. The van der Waals surface area contributed by atoms with Crippen molar-refractivity contribution in [2.45, 2.75) is 12.6 Å². The molecule has 0 aliphatic carbocycles. The highest BCUT2D eigenvalue weighted by atomic mass is 16.5. The van der Waals surface area contributed by atoms with E-state index in [0.717, 1.165) is 5.82 Å². The second kappa shape index (κ2) is 5.62. The molecule has 0 aliphatic rings. The third-order valence-corrected chi connectivity index (χ3v) is 2.34.